The second-order valence-corrected chi connectivity index (χ2v) is 9.73. The molecule has 0 aromatic heterocycles. The molecule has 0 saturated carbocycles. The fourth-order valence-electron chi connectivity index (χ4n) is 3.18. The van der Waals surface area contributed by atoms with Crippen LogP contribution in [0.25, 0.3) is 6.08 Å². The summed E-state index contributed by atoms with van der Waals surface area (Å²) in [6.45, 7) is 4.99. The van der Waals surface area contributed by atoms with Crippen LogP contribution in [0.5, 0.6) is 11.5 Å². The summed E-state index contributed by atoms with van der Waals surface area (Å²) in [5.41, 5.74) is 2.99. The van der Waals surface area contributed by atoms with Gasteiger partial charge in [-0.15, -0.1) is 0 Å². The minimum absolute atomic E-state index is 0.0865. The number of halogens is 1. The number of hydrogen-bond acceptors (Lipinski definition) is 7. The van der Waals surface area contributed by atoms with Crippen molar-refractivity contribution >= 4 is 62.2 Å². The maximum absolute atomic E-state index is 12.8. The third-order valence-corrected chi connectivity index (χ3v) is 6.70. The molecule has 9 heteroatoms. The summed E-state index contributed by atoms with van der Waals surface area (Å²) in [5.74, 6) is 0.551. The summed E-state index contributed by atoms with van der Waals surface area (Å²) in [4.78, 5) is 26.1. The molecule has 1 aliphatic heterocycles. The highest BCUT2D eigenvalue weighted by molar-refractivity contribution is 9.10. The van der Waals surface area contributed by atoms with Crippen molar-refractivity contribution in [2.24, 2.45) is 0 Å². The largest absolute Gasteiger partial charge is 0.490 e. The van der Waals surface area contributed by atoms with Gasteiger partial charge >= 0.3 is 5.97 Å². The van der Waals surface area contributed by atoms with Crippen LogP contribution in [0.1, 0.15) is 30.0 Å². The average Bonchev–Trinajstić information content (AvgIpc) is 3.04. The van der Waals surface area contributed by atoms with E-state index < -0.39 is 0 Å². The van der Waals surface area contributed by atoms with Gasteiger partial charge in [0.05, 0.1) is 29.5 Å². The van der Waals surface area contributed by atoms with Gasteiger partial charge in [-0.1, -0.05) is 53.8 Å². The van der Waals surface area contributed by atoms with Crippen LogP contribution in [-0.2, 0) is 20.9 Å². The molecule has 1 heterocycles. The highest BCUT2D eigenvalue weighted by Gasteiger charge is 2.32. The molecule has 2 aromatic rings. The maximum Gasteiger partial charge on any atom is 0.307 e. The van der Waals surface area contributed by atoms with E-state index in [0.717, 1.165) is 11.1 Å². The number of nitrogens with zero attached hydrogens (tertiary/aromatic N) is 1. The third kappa shape index (κ3) is 6.59. The highest BCUT2D eigenvalue weighted by Crippen LogP contribution is 2.39. The minimum Gasteiger partial charge on any atom is -0.490 e. The van der Waals surface area contributed by atoms with E-state index in [-0.39, 0.29) is 24.8 Å². The lowest BCUT2D eigenvalue weighted by Gasteiger charge is -2.15. The lowest BCUT2D eigenvalue weighted by atomic mass is 10.1. The van der Waals surface area contributed by atoms with Crippen molar-refractivity contribution in [3.05, 3.63) is 62.5 Å². The van der Waals surface area contributed by atoms with Gasteiger partial charge in [-0.3, -0.25) is 14.5 Å². The van der Waals surface area contributed by atoms with Crippen LogP contribution in [-0.4, -0.2) is 41.4 Å². The predicted octanol–water partition coefficient (Wildman–Crippen LogP) is 5.50. The zero-order valence-corrected chi connectivity index (χ0v) is 21.8. The summed E-state index contributed by atoms with van der Waals surface area (Å²) in [5, 5.41) is 0. The van der Waals surface area contributed by atoms with Gasteiger partial charge < -0.3 is 14.2 Å². The Hall–Kier alpha value is -2.36. The number of ether oxygens (including phenoxy) is 3. The molecule has 33 heavy (non-hydrogen) atoms. The van der Waals surface area contributed by atoms with E-state index in [1.807, 2.05) is 44.2 Å². The topological polar surface area (TPSA) is 65.1 Å². The van der Waals surface area contributed by atoms with Crippen LogP contribution in [0, 0.1) is 6.92 Å². The Morgan fingerprint density at radius 2 is 2.03 bits per heavy atom. The average molecular weight is 550 g/mol. The Morgan fingerprint density at radius 1 is 1.24 bits per heavy atom. The van der Waals surface area contributed by atoms with Gasteiger partial charge in [0.25, 0.3) is 5.91 Å². The molecule has 1 saturated heterocycles. The predicted molar refractivity (Wildman–Crippen MR) is 137 cm³/mol. The first-order valence-corrected chi connectivity index (χ1v) is 12.3. The molecule has 0 atom stereocenters. The van der Waals surface area contributed by atoms with Gasteiger partial charge in [0.15, 0.2) is 11.5 Å². The fraction of sp³-hybridized carbons (Fsp3) is 0.292. The van der Waals surface area contributed by atoms with E-state index in [0.29, 0.717) is 38.4 Å². The second kappa shape index (κ2) is 11.7. The van der Waals surface area contributed by atoms with Crippen molar-refractivity contribution in [3.8, 4) is 11.5 Å². The number of methoxy groups -OCH3 is 1. The number of rotatable bonds is 9. The molecule has 6 nitrogen and oxygen atoms in total. The van der Waals surface area contributed by atoms with Crippen LogP contribution in [0.3, 0.4) is 0 Å². The van der Waals surface area contributed by atoms with Crippen molar-refractivity contribution in [2.45, 2.75) is 26.9 Å². The van der Waals surface area contributed by atoms with E-state index in [1.165, 1.54) is 29.3 Å². The first kappa shape index (κ1) is 25.3. The quantitative estimate of drug-likeness (QED) is 0.232. The molecule has 0 bridgehead atoms. The van der Waals surface area contributed by atoms with Crippen LogP contribution in [0.2, 0.25) is 0 Å². The van der Waals surface area contributed by atoms with Gasteiger partial charge in [-0.25, -0.2) is 0 Å². The monoisotopic (exact) mass is 549 g/mol. The van der Waals surface area contributed by atoms with Crippen LogP contribution < -0.4 is 9.47 Å². The number of hydrogen-bond donors (Lipinski definition) is 0. The smallest absolute Gasteiger partial charge is 0.307 e. The number of esters is 1. The molecule has 1 fully saturated rings. The highest BCUT2D eigenvalue weighted by atomic mass is 79.9. The number of carbonyl (C=O) groups excluding carboxylic acids is 2. The fourth-order valence-corrected chi connectivity index (χ4v) is 5.06. The molecule has 0 aliphatic carbocycles. The summed E-state index contributed by atoms with van der Waals surface area (Å²) in [6, 6.07) is 11.8. The van der Waals surface area contributed by atoms with Gasteiger partial charge in [0, 0.05) is 6.54 Å². The molecule has 0 spiro atoms. The van der Waals surface area contributed by atoms with Crippen molar-refractivity contribution in [1.29, 1.82) is 0 Å². The van der Waals surface area contributed by atoms with Crippen LogP contribution in [0.4, 0.5) is 0 Å². The molecule has 1 amide bonds. The van der Waals surface area contributed by atoms with Crippen molar-refractivity contribution < 1.29 is 23.8 Å². The molecule has 0 radical (unpaired) electrons. The molecule has 2 aromatic carbocycles. The standard InChI is InChI=1S/C24H24BrNO5S2/c1-4-30-19-12-17(11-18(25)22(19)31-14-16-7-5-6-15(2)10-16)13-20-23(28)26(24(32)33-20)9-8-21(27)29-3/h5-7,10-13H,4,8-9,14H2,1-3H3/b20-13+. The van der Waals surface area contributed by atoms with E-state index in [9.17, 15) is 9.59 Å². The molecule has 3 rings (SSSR count). The third-order valence-electron chi connectivity index (χ3n) is 4.74. The molecule has 0 N–H and O–H groups in total. The lowest BCUT2D eigenvalue weighted by molar-refractivity contribution is -0.140. The number of carbonyl (C=O) groups is 2. The molecular weight excluding hydrogens is 526 g/mol. The maximum atomic E-state index is 12.8. The summed E-state index contributed by atoms with van der Waals surface area (Å²) in [7, 11) is 1.31. The van der Waals surface area contributed by atoms with Crippen molar-refractivity contribution in [3.63, 3.8) is 0 Å². The molecule has 0 unspecified atom stereocenters. The van der Waals surface area contributed by atoms with E-state index >= 15 is 0 Å². The Balaban J connectivity index is 1.81. The molecule has 174 valence electrons. The Bertz CT molecular complexity index is 1100. The second-order valence-electron chi connectivity index (χ2n) is 7.20. The summed E-state index contributed by atoms with van der Waals surface area (Å²) < 4.78 is 17.7. The van der Waals surface area contributed by atoms with Crippen LogP contribution in [0.15, 0.2) is 45.8 Å². The zero-order valence-electron chi connectivity index (χ0n) is 18.6. The van der Waals surface area contributed by atoms with Gasteiger partial charge in [-0.05, 0) is 59.1 Å². The Kier molecular flexibility index (Phi) is 8.94. The number of aryl methyl sites for hydroxylation is 1. The first-order chi connectivity index (χ1) is 15.8. The molecular formula is C24H24BrNO5S2. The Morgan fingerprint density at radius 3 is 2.73 bits per heavy atom. The number of thiocarbonyl (C=S) groups is 1. The SMILES string of the molecule is CCOc1cc(/C=C2/SC(=S)N(CCC(=O)OC)C2=O)cc(Br)c1OCc1cccc(C)c1. The van der Waals surface area contributed by atoms with Crippen molar-refractivity contribution in [2.75, 3.05) is 20.3 Å². The van der Waals surface area contributed by atoms with Gasteiger partial charge in [0.2, 0.25) is 0 Å². The first-order valence-electron chi connectivity index (χ1n) is 10.3. The van der Waals surface area contributed by atoms with E-state index in [4.69, 9.17) is 21.7 Å². The number of thioether (sulfide) groups is 1. The normalized spacial score (nSPS) is 14.7. The molecule has 1 aliphatic rings. The van der Waals surface area contributed by atoms with Gasteiger partial charge in [-0.2, -0.15) is 0 Å². The summed E-state index contributed by atoms with van der Waals surface area (Å²) >= 11 is 10.1. The van der Waals surface area contributed by atoms with E-state index in [1.54, 1.807) is 6.08 Å². The number of amides is 1. The van der Waals surface area contributed by atoms with E-state index in [2.05, 4.69) is 26.7 Å². The summed E-state index contributed by atoms with van der Waals surface area (Å²) in [6.07, 6.45) is 1.85. The lowest BCUT2D eigenvalue weighted by Crippen LogP contribution is -2.30. The zero-order chi connectivity index (χ0) is 24.0. The Labute approximate surface area is 211 Å². The van der Waals surface area contributed by atoms with Crippen LogP contribution >= 0.6 is 39.9 Å². The van der Waals surface area contributed by atoms with Gasteiger partial charge in [0.1, 0.15) is 10.9 Å². The minimum atomic E-state index is -0.389. The van der Waals surface area contributed by atoms with Crippen molar-refractivity contribution in [1.82, 2.24) is 4.90 Å². The number of benzene rings is 2.